The number of esters is 1. The summed E-state index contributed by atoms with van der Waals surface area (Å²) in [6.45, 7) is 9.79. The number of hydrogen-bond donors (Lipinski definition) is 0. The highest BCUT2D eigenvalue weighted by Crippen LogP contribution is 2.60. The Morgan fingerprint density at radius 2 is 2.09 bits per heavy atom. The number of ketones is 1. The van der Waals surface area contributed by atoms with Gasteiger partial charge in [-0.25, -0.2) is 0 Å². The summed E-state index contributed by atoms with van der Waals surface area (Å²) < 4.78 is 23.5. The number of ether oxygens (including phenoxy) is 4. The number of Topliss-reactive ketones (excluding diaryl/α,β-unsaturated/α-hetero) is 1. The first-order chi connectivity index (χ1) is 15.6. The van der Waals surface area contributed by atoms with Crippen LogP contribution in [0.4, 0.5) is 0 Å². The molecule has 2 saturated heterocycles. The maximum atomic E-state index is 13.5. The van der Waals surface area contributed by atoms with Gasteiger partial charge in [-0.15, -0.1) is 0 Å². The minimum atomic E-state index is -1.36. The standard InChI is InChI=1S/C26H31ClO6/c1-7-14(2)10-15(3)8-9-17-11-18-19(13-31-17)20-21-24(29)32-16(4)12-26(21,30-6)33-25(20,5)23(28)22(18)27/h8-11,13-14,16,20-21H,7,12H2,1-6H3/b9-8+,15-10-/t14-,16+,20-,21+,25+,26-/m1/s1. The van der Waals surface area contributed by atoms with Crippen LogP contribution in [0.1, 0.15) is 47.5 Å². The Morgan fingerprint density at radius 3 is 2.76 bits per heavy atom. The number of carbonyl (C=O) groups is 2. The van der Waals surface area contributed by atoms with Crippen LogP contribution < -0.4 is 0 Å². The van der Waals surface area contributed by atoms with Crippen LogP contribution in [0.5, 0.6) is 0 Å². The monoisotopic (exact) mass is 474 g/mol. The van der Waals surface area contributed by atoms with Crippen LogP contribution in [0.25, 0.3) is 0 Å². The molecule has 0 aromatic carbocycles. The highest BCUT2D eigenvalue weighted by molar-refractivity contribution is 6.45. The Morgan fingerprint density at radius 1 is 1.36 bits per heavy atom. The molecule has 0 saturated carbocycles. The minimum Gasteiger partial charge on any atom is -0.465 e. The zero-order valence-corrected chi connectivity index (χ0v) is 20.7. The van der Waals surface area contributed by atoms with E-state index in [1.54, 1.807) is 26.2 Å². The van der Waals surface area contributed by atoms with Crippen LogP contribution in [0.15, 0.2) is 58.1 Å². The van der Waals surface area contributed by atoms with Gasteiger partial charge in [0.2, 0.25) is 5.78 Å². The average molecular weight is 475 g/mol. The molecule has 0 amide bonds. The summed E-state index contributed by atoms with van der Waals surface area (Å²) in [5.41, 5.74) is 0.933. The van der Waals surface area contributed by atoms with E-state index in [1.165, 1.54) is 7.11 Å². The Hall–Kier alpha value is -2.15. The number of methoxy groups -OCH3 is 1. The minimum absolute atomic E-state index is 0.0624. The van der Waals surface area contributed by atoms with E-state index in [2.05, 4.69) is 19.9 Å². The summed E-state index contributed by atoms with van der Waals surface area (Å²) in [5, 5.41) is 0.0624. The van der Waals surface area contributed by atoms with Gasteiger partial charge in [-0.3, -0.25) is 9.59 Å². The third-order valence-electron chi connectivity index (χ3n) is 7.12. The van der Waals surface area contributed by atoms with E-state index in [0.717, 1.165) is 12.0 Å². The summed E-state index contributed by atoms with van der Waals surface area (Å²) in [6.07, 6.45) is 10.3. The van der Waals surface area contributed by atoms with Crippen molar-refractivity contribution in [3.8, 4) is 0 Å². The molecular formula is C26H31ClO6. The first-order valence-corrected chi connectivity index (χ1v) is 11.8. The van der Waals surface area contributed by atoms with Crippen molar-refractivity contribution < 1.29 is 28.5 Å². The van der Waals surface area contributed by atoms with E-state index in [9.17, 15) is 9.59 Å². The van der Waals surface area contributed by atoms with E-state index < -0.39 is 35.3 Å². The number of allylic oxidation sites excluding steroid dienone is 6. The second-order valence-corrected chi connectivity index (χ2v) is 9.93. The molecule has 0 N–H and O–H groups in total. The molecule has 0 radical (unpaired) electrons. The third-order valence-corrected chi connectivity index (χ3v) is 7.49. The maximum absolute atomic E-state index is 13.5. The van der Waals surface area contributed by atoms with Gasteiger partial charge in [0, 0.05) is 30.6 Å². The zero-order chi connectivity index (χ0) is 24.1. The Labute approximate surface area is 199 Å². The van der Waals surface area contributed by atoms with Gasteiger partial charge in [-0.1, -0.05) is 49.6 Å². The molecule has 6 atom stereocenters. The molecular weight excluding hydrogens is 444 g/mol. The summed E-state index contributed by atoms with van der Waals surface area (Å²) in [6, 6.07) is 0. The van der Waals surface area contributed by atoms with E-state index >= 15 is 0 Å². The summed E-state index contributed by atoms with van der Waals surface area (Å²) in [7, 11) is 1.49. The molecule has 7 heteroatoms. The van der Waals surface area contributed by atoms with E-state index in [4.69, 9.17) is 30.5 Å². The van der Waals surface area contributed by atoms with Gasteiger partial charge in [0.15, 0.2) is 5.79 Å². The second kappa shape index (κ2) is 8.57. The average Bonchev–Trinajstić information content (AvgIpc) is 3.06. The fraction of sp³-hybridized carbons (Fsp3) is 0.538. The molecule has 178 valence electrons. The van der Waals surface area contributed by atoms with Gasteiger partial charge in [0.05, 0.1) is 11.3 Å². The van der Waals surface area contributed by atoms with Gasteiger partial charge in [0.25, 0.3) is 0 Å². The van der Waals surface area contributed by atoms with Gasteiger partial charge in [-0.05, 0) is 38.8 Å². The lowest BCUT2D eigenvalue weighted by molar-refractivity contribution is -0.273. The summed E-state index contributed by atoms with van der Waals surface area (Å²) in [5.74, 6) is -2.51. The molecule has 33 heavy (non-hydrogen) atoms. The predicted molar refractivity (Wildman–Crippen MR) is 124 cm³/mol. The fourth-order valence-electron chi connectivity index (χ4n) is 5.32. The van der Waals surface area contributed by atoms with Crippen LogP contribution in [-0.4, -0.2) is 36.4 Å². The van der Waals surface area contributed by atoms with Crippen molar-refractivity contribution in [2.75, 3.05) is 7.11 Å². The largest absolute Gasteiger partial charge is 0.465 e. The quantitative estimate of drug-likeness (QED) is 0.407. The molecule has 6 nitrogen and oxygen atoms in total. The summed E-state index contributed by atoms with van der Waals surface area (Å²) in [4.78, 5) is 26.5. The molecule has 0 aromatic heterocycles. The first kappa shape index (κ1) is 24.0. The Bertz CT molecular complexity index is 1030. The number of carbonyl (C=O) groups excluding carboxylic acids is 2. The van der Waals surface area contributed by atoms with Crippen LogP contribution in [-0.2, 0) is 28.5 Å². The fourth-order valence-corrected chi connectivity index (χ4v) is 5.67. The smallest absolute Gasteiger partial charge is 0.315 e. The van der Waals surface area contributed by atoms with Gasteiger partial charge >= 0.3 is 5.97 Å². The van der Waals surface area contributed by atoms with Crippen LogP contribution in [0.2, 0.25) is 0 Å². The Kier molecular flexibility index (Phi) is 6.23. The van der Waals surface area contributed by atoms with Crippen LogP contribution in [0, 0.1) is 17.8 Å². The van der Waals surface area contributed by atoms with Crippen molar-refractivity contribution in [2.45, 2.75) is 65.0 Å². The van der Waals surface area contributed by atoms with Gasteiger partial charge in [0.1, 0.15) is 23.4 Å². The number of fused-ring (bicyclic) bond motifs is 5. The normalized spacial score (nSPS) is 37.1. The van der Waals surface area contributed by atoms with Gasteiger partial charge in [-0.2, -0.15) is 0 Å². The van der Waals surface area contributed by atoms with Crippen molar-refractivity contribution in [1.82, 2.24) is 0 Å². The molecule has 1 aliphatic carbocycles. The SMILES string of the molecule is CC[C@@H](C)/C=C(C)\C=C\C1=CC2=C(Cl)C(=O)[C@@]3(C)O[C@]4(OC)C[C@H](C)OC(=O)[C@@H]4[C@H]3C2=CO1. The second-order valence-electron chi connectivity index (χ2n) is 9.56. The predicted octanol–water partition coefficient (Wildman–Crippen LogP) is 5.11. The lowest BCUT2D eigenvalue weighted by Gasteiger charge is -2.39. The molecule has 0 unspecified atom stereocenters. The highest BCUT2D eigenvalue weighted by Gasteiger charge is 2.71. The molecule has 3 heterocycles. The molecule has 3 aliphatic heterocycles. The van der Waals surface area contributed by atoms with E-state index in [0.29, 0.717) is 29.2 Å². The van der Waals surface area contributed by atoms with E-state index in [-0.39, 0.29) is 10.8 Å². The Balaban J connectivity index is 1.72. The van der Waals surface area contributed by atoms with Crippen LogP contribution >= 0.6 is 11.6 Å². The van der Waals surface area contributed by atoms with Gasteiger partial charge < -0.3 is 18.9 Å². The topological polar surface area (TPSA) is 71.1 Å². The van der Waals surface area contributed by atoms with Crippen molar-refractivity contribution >= 4 is 23.4 Å². The maximum Gasteiger partial charge on any atom is 0.315 e. The third kappa shape index (κ3) is 3.82. The van der Waals surface area contributed by atoms with Crippen molar-refractivity contribution in [2.24, 2.45) is 17.8 Å². The van der Waals surface area contributed by atoms with E-state index in [1.807, 2.05) is 19.1 Å². The van der Waals surface area contributed by atoms with Crippen LogP contribution in [0.3, 0.4) is 0 Å². The number of cyclic esters (lactones) is 1. The number of hydrogen-bond acceptors (Lipinski definition) is 6. The molecule has 0 spiro atoms. The lowest BCUT2D eigenvalue weighted by atomic mass is 9.66. The molecule has 0 aromatic rings. The van der Waals surface area contributed by atoms with Crippen molar-refractivity contribution in [1.29, 1.82) is 0 Å². The molecule has 2 fully saturated rings. The highest BCUT2D eigenvalue weighted by atomic mass is 35.5. The summed E-state index contributed by atoms with van der Waals surface area (Å²) >= 11 is 6.58. The van der Waals surface area contributed by atoms with Crippen molar-refractivity contribution in [3.05, 3.63) is 58.1 Å². The number of halogens is 1. The number of rotatable bonds is 5. The molecule has 0 bridgehead atoms. The molecule has 4 aliphatic rings. The molecule has 4 rings (SSSR count). The first-order valence-electron chi connectivity index (χ1n) is 11.4. The van der Waals surface area contributed by atoms with Crippen molar-refractivity contribution in [3.63, 3.8) is 0 Å². The zero-order valence-electron chi connectivity index (χ0n) is 19.9. The lowest BCUT2D eigenvalue weighted by Crippen LogP contribution is -2.51.